The van der Waals surface area contributed by atoms with Crippen LogP contribution in [-0.2, 0) is 4.74 Å². The summed E-state index contributed by atoms with van der Waals surface area (Å²) in [5.74, 6) is -1.04. The molecule has 0 aromatic carbocycles. The summed E-state index contributed by atoms with van der Waals surface area (Å²) >= 11 is 0. The largest absolute Gasteiger partial charge is 0.477 e. The molecule has 0 radical (unpaired) electrons. The van der Waals surface area contributed by atoms with Crippen molar-refractivity contribution in [1.82, 2.24) is 9.97 Å². The van der Waals surface area contributed by atoms with Gasteiger partial charge >= 0.3 is 5.97 Å². The number of aromatic carboxylic acids is 1. The van der Waals surface area contributed by atoms with Crippen molar-refractivity contribution in [2.45, 2.75) is 18.9 Å². The van der Waals surface area contributed by atoms with Crippen LogP contribution in [-0.4, -0.2) is 27.7 Å². The first-order valence-electron chi connectivity index (χ1n) is 4.44. The van der Waals surface area contributed by atoms with E-state index in [1.165, 1.54) is 12.4 Å². The predicted octanol–water partition coefficient (Wildman–Crippen LogP) is 1.03. The van der Waals surface area contributed by atoms with Crippen LogP contribution >= 0.6 is 0 Å². The number of aromatic nitrogens is 2. The second-order valence-corrected chi connectivity index (χ2v) is 3.13. The highest BCUT2D eigenvalue weighted by molar-refractivity contribution is 5.85. The van der Waals surface area contributed by atoms with Crippen LogP contribution in [0.15, 0.2) is 12.4 Å². The van der Waals surface area contributed by atoms with Gasteiger partial charge in [0.25, 0.3) is 0 Å². The van der Waals surface area contributed by atoms with E-state index in [0.717, 1.165) is 19.4 Å². The van der Waals surface area contributed by atoms with Gasteiger partial charge in [-0.2, -0.15) is 0 Å². The number of carboxylic acid groups (broad SMARTS) is 1. The highest BCUT2D eigenvalue weighted by Gasteiger charge is 2.20. The van der Waals surface area contributed by atoms with E-state index in [1.807, 2.05) is 0 Å². The summed E-state index contributed by atoms with van der Waals surface area (Å²) in [7, 11) is 0. The Morgan fingerprint density at radius 3 is 3.07 bits per heavy atom. The van der Waals surface area contributed by atoms with E-state index in [2.05, 4.69) is 9.97 Å². The maximum atomic E-state index is 10.6. The summed E-state index contributed by atoms with van der Waals surface area (Å²) in [5, 5.41) is 8.72. The van der Waals surface area contributed by atoms with Crippen LogP contribution in [0, 0.1) is 0 Å². The van der Waals surface area contributed by atoms with Gasteiger partial charge in [-0.3, -0.25) is 0 Å². The molecule has 5 nitrogen and oxygen atoms in total. The molecule has 14 heavy (non-hydrogen) atoms. The Balaban J connectivity index is 2.25. The van der Waals surface area contributed by atoms with Crippen molar-refractivity contribution in [2.75, 3.05) is 6.61 Å². The molecular formula is C9H10N2O3. The van der Waals surface area contributed by atoms with Gasteiger partial charge in [-0.1, -0.05) is 0 Å². The summed E-state index contributed by atoms with van der Waals surface area (Å²) in [6.07, 6.45) is 3.10. The predicted molar refractivity (Wildman–Crippen MR) is 46.9 cm³/mol. The summed E-state index contributed by atoms with van der Waals surface area (Å²) in [4.78, 5) is 18.3. The van der Waals surface area contributed by atoms with Gasteiger partial charge in [0, 0.05) is 6.61 Å². The number of nitrogens with zero attached hydrogens (tertiary/aromatic N) is 2. The molecular weight excluding hydrogens is 184 g/mol. The third-order valence-corrected chi connectivity index (χ3v) is 2.17. The molecule has 0 amide bonds. The van der Waals surface area contributed by atoms with Crippen molar-refractivity contribution in [3.05, 3.63) is 23.8 Å². The quantitative estimate of drug-likeness (QED) is 0.761. The number of carboxylic acids is 1. The van der Waals surface area contributed by atoms with Gasteiger partial charge in [0.15, 0.2) is 5.69 Å². The normalized spacial score (nSPS) is 21.0. The van der Waals surface area contributed by atoms with Crippen LogP contribution in [0.2, 0.25) is 0 Å². The minimum absolute atomic E-state index is 0.0190. The van der Waals surface area contributed by atoms with Crippen molar-refractivity contribution in [3.63, 3.8) is 0 Å². The molecule has 1 saturated heterocycles. The van der Waals surface area contributed by atoms with E-state index >= 15 is 0 Å². The van der Waals surface area contributed by atoms with Crippen LogP contribution in [0.25, 0.3) is 0 Å². The fourth-order valence-electron chi connectivity index (χ4n) is 1.48. The van der Waals surface area contributed by atoms with Gasteiger partial charge in [-0.05, 0) is 18.9 Å². The lowest BCUT2D eigenvalue weighted by molar-refractivity contribution is 0.0689. The zero-order valence-corrected chi connectivity index (χ0v) is 7.51. The molecule has 1 aromatic rings. The fourth-order valence-corrected chi connectivity index (χ4v) is 1.48. The number of hydrogen-bond acceptors (Lipinski definition) is 4. The number of rotatable bonds is 2. The first-order chi connectivity index (χ1) is 6.77. The second kappa shape index (κ2) is 3.71. The Morgan fingerprint density at radius 1 is 1.57 bits per heavy atom. The molecule has 0 unspecified atom stereocenters. The first kappa shape index (κ1) is 9.08. The Bertz CT molecular complexity index is 348. The van der Waals surface area contributed by atoms with E-state index in [9.17, 15) is 4.79 Å². The fraction of sp³-hybridized carbons (Fsp3) is 0.444. The Kier molecular flexibility index (Phi) is 2.41. The third kappa shape index (κ3) is 1.72. The Morgan fingerprint density at radius 2 is 2.43 bits per heavy atom. The lowest BCUT2D eigenvalue weighted by Crippen LogP contribution is -2.05. The van der Waals surface area contributed by atoms with Crippen molar-refractivity contribution >= 4 is 5.97 Å². The highest BCUT2D eigenvalue weighted by Crippen LogP contribution is 2.26. The lowest BCUT2D eigenvalue weighted by atomic mass is 10.1. The molecule has 74 valence electrons. The average molecular weight is 194 g/mol. The number of hydrogen-bond donors (Lipinski definition) is 1. The molecule has 0 bridgehead atoms. The van der Waals surface area contributed by atoms with E-state index < -0.39 is 5.97 Å². The van der Waals surface area contributed by atoms with Gasteiger partial charge in [0.2, 0.25) is 0 Å². The lowest BCUT2D eigenvalue weighted by Gasteiger charge is -2.07. The SMILES string of the molecule is O=C(O)c1cc([C@H]2CCCO2)ncn1. The minimum atomic E-state index is -1.04. The summed E-state index contributed by atoms with van der Waals surface area (Å²) in [6.45, 7) is 0.719. The molecule has 5 heteroatoms. The van der Waals surface area contributed by atoms with Crippen molar-refractivity contribution in [2.24, 2.45) is 0 Å². The van der Waals surface area contributed by atoms with Crippen LogP contribution in [0.4, 0.5) is 0 Å². The molecule has 2 rings (SSSR count). The van der Waals surface area contributed by atoms with Crippen molar-refractivity contribution < 1.29 is 14.6 Å². The number of carbonyl (C=O) groups is 1. The molecule has 1 aliphatic rings. The van der Waals surface area contributed by atoms with Gasteiger partial charge in [0.1, 0.15) is 6.33 Å². The van der Waals surface area contributed by atoms with Gasteiger partial charge in [-0.15, -0.1) is 0 Å². The van der Waals surface area contributed by atoms with Crippen molar-refractivity contribution in [1.29, 1.82) is 0 Å². The molecule has 1 fully saturated rings. The molecule has 1 atom stereocenters. The topological polar surface area (TPSA) is 72.3 Å². The standard InChI is InChI=1S/C9H10N2O3/c12-9(13)7-4-6(10-5-11-7)8-2-1-3-14-8/h4-5,8H,1-3H2,(H,12,13)/t8-/m1/s1. The third-order valence-electron chi connectivity index (χ3n) is 2.17. The maximum Gasteiger partial charge on any atom is 0.354 e. The zero-order chi connectivity index (χ0) is 9.97. The van der Waals surface area contributed by atoms with E-state index in [0.29, 0.717) is 5.69 Å². The van der Waals surface area contributed by atoms with E-state index in [4.69, 9.17) is 9.84 Å². The highest BCUT2D eigenvalue weighted by atomic mass is 16.5. The van der Waals surface area contributed by atoms with Crippen LogP contribution in [0.1, 0.15) is 35.1 Å². The van der Waals surface area contributed by atoms with Crippen molar-refractivity contribution in [3.8, 4) is 0 Å². The summed E-state index contributed by atoms with van der Waals surface area (Å²) in [6, 6.07) is 1.47. The average Bonchev–Trinajstić information content (AvgIpc) is 2.71. The number of ether oxygens (including phenoxy) is 1. The van der Waals surface area contributed by atoms with Crippen LogP contribution in [0.5, 0.6) is 0 Å². The molecule has 2 heterocycles. The van der Waals surface area contributed by atoms with E-state index in [1.54, 1.807) is 0 Å². The molecule has 1 aliphatic heterocycles. The van der Waals surface area contributed by atoms with E-state index in [-0.39, 0.29) is 11.8 Å². The Hall–Kier alpha value is -1.49. The maximum absolute atomic E-state index is 10.6. The molecule has 1 aromatic heterocycles. The van der Waals surface area contributed by atoms with Gasteiger partial charge in [-0.25, -0.2) is 14.8 Å². The summed E-state index contributed by atoms with van der Waals surface area (Å²) < 4.78 is 5.39. The molecule has 0 spiro atoms. The minimum Gasteiger partial charge on any atom is -0.477 e. The summed E-state index contributed by atoms with van der Waals surface area (Å²) in [5.41, 5.74) is 0.681. The first-order valence-corrected chi connectivity index (χ1v) is 4.44. The van der Waals surface area contributed by atoms with Crippen LogP contribution in [0.3, 0.4) is 0 Å². The second-order valence-electron chi connectivity index (χ2n) is 3.13. The smallest absolute Gasteiger partial charge is 0.354 e. The van der Waals surface area contributed by atoms with Gasteiger partial charge < -0.3 is 9.84 Å². The Labute approximate surface area is 80.8 Å². The molecule has 0 saturated carbocycles. The monoisotopic (exact) mass is 194 g/mol. The van der Waals surface area contributed by atoms with Gasteiger partial charge in [0.05, 0.1) is 11.8 Å². The zero-order valence-electron chi connectivity index (χ0n) is 7.51. The van der Waals surface area contributed by atoms with Crippen LogP contribution < -0.4 is 0 Å². The molecule has 1 N–H and O–H groups in total. The molecule has 0 aliphatic carbocycles.